The van der Waals surface area contributed by atoms with Gasteiger partial charge in [0, 0.05) is 162 Å². The number of nitrogens with zero attached hydrogens (tertiary/aromatic N) is 19. The summed E-state index contributed by atoms with van der Waals surface area (Å²) in [5.74, 6) is -0.767. The van der Waals surface area contributed by atoms with Crippen LogP contribution in [0.25, 0.3) is 128 Å². The van der Waals surface area contributed by atoms with E-state index in [1.165, 1.54) is 79.8 Å². The van der Waals surface area contributed by atoms with Crippen LogP contribution in [-0.2, 0) is 10.9 Å². The highest BCUT2D eigenvalue weighted by molar-refractivity contribution is 6.31. The van der Waals surface area contributed by atoms with Gasteiger partial charge in [0.05, 0.1) is 86.5 Å². The van der Waals surface area contributed by atoms with Crippen molar-refractivity contribution in [3.8, 4) is 67.7 Å². The number of hydrogen-bond acceptors (Lipinski definition) is 24. The third-order valence-corrected chi connectivity index (χ3v) is 20.8. The Bertz CT molecular complexity index is 7840. The maximum atomic E-state index is 14.5. The maximum absolute atomic E-state index is 14.5. The zero-order valence-electron chi connectivity index (χ0n) is 69.5. The molecular formula is C98H64Cl3F8N23O2. The Hall–Kier alpha value is -16.8. The second kappa shape index (κ2) is 40.9. The summed E-state index contributed by atoms with van der Waals surface area (Å²) in [6.45, 7) is 0.836. The molecular weight excluding hydrogens is 1790 g/mol. The molecule has 660 valence electrons. The molecule has 25 nitrogen and oxygen atoms in total. The average Bonchev–Trinajstić information content (AvgIpc) is 1.29. The first-order valence-electron chi connectivity index (χ1n) is 40.4. The van der Waals surface area contributed by atoms with Crippen LogP contribution in [0.4, 0.5) is 81.0 Å². The monoisotopic (exact) mass is 1850 g/mol. The number of methoxy groups -OCH3 is 1. The largest absolute Gasteiger partial charge is 0.487 e. The molecule has 0 aliphatic heterocycles. The highest BCUT2D eigenvalue weighted by Crippen LogP contribution is 2.41. The van der Waals surface area contributed by atoms with Crippen molar-refractivity contribution in [2.24, 2.45) is 0 Å². The summed E-state index contributed by atoms with van der Waals surface area (Å²) in [7, 11) is 1.61. The van der Waals surface area contributed by atoms with Crippen molar-refractivity contribution >= 4 is 147 Å². The van der Waals surface area contributed by atoms with Gasteiger partial charge < -0.3 is 35.3 Å². The van der Waals surface area contributed by atoms with Gasteiger partial charge in [0.2, 0.25) is 5.95 Å². The highest BCUT2D eigenvalue weighted by Gasteiger charge is 2.32. The van der Waals surface area contributed by atoms with Crippen molar-refractivity contribution in [1.29, 1.82) is 0 Å². The van der Waals surface area contributed by atoms with E-state index in [4.69, 9.17) is 44.3 Å². The molecule has 0 unspecified atom stereocenters. The number of nitrogens with one attached hydrogen (secondary N) is 4. The number of benzene rings is 5. The smallest absolute Gasteiger partial charge is 0.416 e. The topological polar surface area (TPSA) is 304 Å². The number of hydrogen-bond donors (Lipinski definition) is 4. The van der Waals surface area contributed by atoms with Crippen molar-refractivity contribution in [2.45, 2.75) is 6.18 Å². The Morgan fingerprint density at radius 1 is 0.343 bits per heavy atom. The molecule has 0 bridgehead atoms. The molecule has 16 aromatic heterocycles. The third-order valence-electron chi connectivity index (χ3n) is 20.1. The van der Waals surface area contributed by atoms with Crippen LogP contribution >= 0.6 is 34.8 Å². The zero-order valence-corrected chi connectivity index (χ0v) is 71.8. The van der Waals surface area contributed by atoms with E-state index in [-0.39, 0.29) is 28.5 Å². The van der Waals surface area contributed by atoms with Crippen LogP contribution in [0.5, 0.6) is 5.75 Å². The molecule has 0 saturated heterocycles. The first-order chi connectivity index (χ1) is 65.3. The van der Waals surface area contributed by atoms with Gasteiger partial charge in [0.1, 0.15) is 60.5 Å². The summed E-state index contributed by atoms with van der Waals surface area (Å²) < 4.78 is 124. The average molecular weight is 1850 g/mol. The van der Waals surface area contributed by atoms with E-state index in [0.717, 1.165) is 56.0 Å². The highest BCUT2D eigenvalue weighted by atomic mass is 35.5. The minimum Gasteiger partial charge on any atom is -0.487 e. The van der Waals surface area contributed by atoms with Gasteiger partial charge in [-0.2, -0.15) is 13.2 Å². The standard InChI is InChI=1S/C22H18ClFN4O2.C21H12ClFN4.C20H12F4N4.C18H12FN5.C17H10ClFN6/c1-29-9-10-30-21-13-25-8-6-18(21)27-19-12-20(16-11-14(23)4-5-17(16)24)28-22-15(19)3-2-7-26-22;22-14-3-4-17(23)16(10-14)18-11-20(15-2-1-7-25-21(15)26-18)27-9-6-13-12-24-8-5-19(13)27;21-16-4-3-12(20(22,23)24)10-15(16)18-11-17(27-13-5-8-25-9-6-13)14-2-1-7-26-19(14)28-18;19-14-6-2-1-4-12(14)15-10-16(23-17-7-9-20-11-22-17)13-5-3-8-21-18(13)24-15;18-10-3-4-13(19)12(6-10)15-7-14(25-17-22-8-20-9-23-17)11-2-1-5-21-16(11)24-15/h2-8,11-13H,9-10H2,1H3,(H,25,26,27,28);1-12H;1-11H,(H,25,26,27,28);1-11H,(H,20,21,22,23,24);1-9H,(H,20,21,22,23,24,25). The fourth-order valence-corrected chi connectivity index (χ4v) is 14.4. The summed E-state index contributed by atoms with van der Waals surface area (Å²) in [6.07, 6.45) is 21.4. The van der Waals surface area contributed by atoms with Crippen molar-refractivity contribution < 1.29 is 44.6 Å². The summed E-state index contributed by atoms with van der Waals surface area (Å²) >= 11 is 18.2. The Balaban J connectivity index is 0.000000117. The van der Waals surface area contributed by atoms with E-state index in [9.17, 15) is 35.1 Å². The first kappa shape index (κ1) is 89.2. The van der Waals surface area contributed by atoms with Gasteiger partial charge in [-0.25, -0.2) is 96.7 Å². The minimum absolute atomic E-state index is 0.0476. The lowest BCUT2D eigenvalue weighted by atomic mass is 10.0. The van der Waals surface area contributed by atoms with Crippen LogP contribution in [0.2, 0.25) is 15.1 Å². The number of aromatic nitrogens is 19. The van der Waals surface area contributed by atoms with Gasteiger partial charge in [-0.15, -0.1) is 0 Å². The minimum atomic E-state index is -4.59. The zero-order chi connectivity index (χ0) is 92.6. The number of halogens is 11. The fraction of sp³-hybridized carbons (Fsp3) is 0.0408. The molecule has 0 fully saturated rings. The number of anilines is 8. The molecule has 134 heavy (non-hydrogen) atoms. The van der Waals surface area contributed by atoms with E-state index in [2.05, 4.69) is 111 Å². The Morgan fingerprint density at radius 2 is 0.784 bits per heavy atom. The molecule has 21 aromatic rings. The lowest BCUT2D eigenvalue weighted by Gasteiger charge is -2.15. The normalized spacial score (nSPS) is 11.1. The summed E-state index contributed by atoms with van der Waals surface area (Å²) in [5.41, 5.74) is 10.2. The van der Waals surface area contributed by atoms with Gasteiger partial charge in [-0.05, 0) is 212 Å². The number of fused-ring (bicyclic) bond motifs is 6. The molecule has 0 saturated carbocycles. The number of alkyl halides is 3. The van der Waals surface area contributed by atoms with Gasteiger partial charge in [-0.3, -0.25) is 15.0 Å². The van der Waals surface area contributed by atoms with Crippen LogP contribution in [0.1, 0.15) is 5.56 Å². The van der Waals surface area contributed by atoms with E-state index < -0.39 is 29.2 Å². The number of pyridine rings is 13. The van der Waals surface area contributed by atoms with Crippen LogP contribution in [0.3, 0.4) is 0 Å². The van der Waals surface area contributed by atoms with Crippen LogP contribution in [0.15, 0.2) is 324 Å². The van der Waals surface area contributed by atoms with E-state index in [0.29, 0.717) is 153 Å². The predicted octanol–water partition coefficient (Wildman–Crippen LogP) is 24.3. The summed E-state index contributed by atoms with van der Waals surface area (Å²) in [4.78, 5) is 75.9. The maximum Gasteiger partial charge on any atom is 0.416 e. The number of rotatable bonds is 18. The molecule has 0 radical (unpaired) electrons. The second-order valence-electron chi connectivity index (χ2n) is 28.8. The van der Waals surface area contributed by atoms with Crippen molar-refractivity contribution in [3.63, 3.8) is 0 Å². The quantitative estimate of drug-likeness (QED) is 0.0458. The second-order valence-corrected chi connectivity index (χ2v) is 30.1. The Morgan fingerprint density at radius 3 is 1.31 bits per heavy atom. The molecule has 16 heterocycles. The summed E-state index contributed by atoms with van der Waals surface area (Å²) in [5, 5.41) is 19.0. The van der Waals surface area contributed by atoms with E-state index in [1.807, 2.05) is 77.6 Å². The van der Waals surface area contributed by atoms with Crippen molar-refractivity contribution in [2.75, 3.05) is 41.6 Å². The van der Waals surface area contributed by atoms with Gasteiger partial charge >= 0.3 is 6.18 Å². The predicted molar refractivity (Wildman–Crippen MR) is 500 cm³/mol. The van der Waals surface area contributed by atoms with E-state index >= 15 is 0 Å². The van der Waals surface area contributed by atoms with Gasteiger partial charge in [-0.1, -0.05) is 46.9 Å². The summed E-state index contributed by atoms with van der Waals surface area (Å²) in [6, 6.07) is 59.9. The third kappa shape index (κ3) is 21.1. The first-order valence-corrected chi connectivity index (χ1v) is 41.5. The lowest BCUT2D eigenvalue weighted by molar-refractivity contribution is -0.137. The molecule has 21 rings (SSSR count). The molecule has 0 aliphatic carbocycles. The van der Waals surface area contributed by atoms with Crippen LogP contribution in [-0.4, -0.2) is 115 Å². The van der Waals surface area contributed by atoms with Crippen molar-refractivity contribution in [3.05, 3.63) is 374 Å². The number of ether oxygens (including phenoxy) is 2. The molecule has 36 heteroatoms. The molecule has 0 spiro atoms. The van der Waals surface area contributed by atoms with E-state index in [1.54, 1.807) is 160 Å². The molecule has 4 N–H and O–H groups in total. The lowest BCUT2D eigenvalue weighted by Crippen LogP contribution is -2.06. The molecule has 5 aromatic carbocycles. The van der Waals surface area contributed by atoms with Gasteiger partial charge in [0.25, 0.3) is 0 Å². The SMILES string of the molecule is COCCOc1cnccc1Nc1cc(-c2cc(Cl)ccc2F)nc2ncccc12.Fc1ccc(C(F)(F)F)cc1-c1cc(Nc2ccncc2)c2cccnc2n1.Fc1ccc(Cl)cc1-c1cc(-n2ccc3cnccc32)c2cccnc2n1.Fc1ccc(Cl)cc1-c1cc(Nc2ncncn2)c2cccnc2n1.Fc1ccccc1-c1cc(Nc2ccncn2)c2cccnc2n1. The molecule has 0 aliphatic rings. The van der Waals surface area contributed by atoms with Crippen LogP contribution < -0.4 is 26.0 Å². The van der Waals surface area contributed by atoms with Gasteiger partial charge in [0.15, 0.2) is 34.0 Å². The molecule has 0 amide bonds. The fourth-order valence-electron chi connectivity index (χ4n) is 13.9. The van der Waals surface area contributed by atoms with Crippen LogP contribution in [0, 0.1) is 29.1 Å². The Labute approximate surface area is 770 Å². The Kier molecular flexibility index (Phi) is 27.3. The van der Waals surface area contributed by atoms with Crippen molar-refractivity contribution in [1.82, 2.24) is 94.3 Å². The molecule has 0 atom stereocenters.